The maximum absolute atomic E-state index is 13.5. The van der Waals surface area contributed by atoms with Gasteiger partial charge in [-0.2, -0.15) is 0 Å². The van der Waals surface area contributed by atoms with Crippen molar-refractivity contribution in [3.63, 3.8) is 0 Å². The number of ketones is 1. The molecular weight excluding hydrogens is 243 g/mol. The second-order valence-electron chi connectivity index (χ2n) is 2.40. The highest BCUT2D eigenvalue weighted by Crippen LogP contribution is 2.34. The van der Waals surface area contributed by atoms with Crippen molar-refractivity contribution in [2.24, 2.45) is 0 Å². The Morgan fingerprint density at radius 2 is 2.00 bits per heavy atom. The molecule has 72 valence electrons. The quantitative estimate of drug-likeness (QED) is 0.700. The van der Waals surface area contributed by atoms with Crippen molar-refractivity contribution in [3.05, 3.63) is 22.5 Å². The van der Waals surface area contributed by atoms with Crippen molar-refractivity contribution in [1.29, 1.82) is 0 Å². The molecule has 0 N–H and O–H groups in total. The Morgan fingerprint density at radius 1 is 1.46 bits per heavy atom. The van der Waals surface area contributed by atoms with Crippen LogP contribution in [0.2, 0.25) is 0 Å². The molecule has 3 nitrogen and oxygen atoms in total. The van der Waals surface area contributed by atoms with E-state index >= 15 is 0 Å². The Balaban J connectivity index is 3.16. The topological polar surface area (TPSA) is 35.5 Å². The summed E-state index contributed by atoms with van der Waals surface area (Å²) < 4.78 is 23.0. The van der Waals surface area contributed by atoms with Crippen LogP contribution in [0.25, 0.3) is 0 Å². The molecule has 0 amide bonds. The van der Waals surface area contributed by atoms with E-state index < -0.39 is 17.4 Å². The second kappa shape index (κ2) is 3.69. The van der Waals surface area contributed by atoms with E-state index in [2.05, 4.69) is 15.9 Å². The molecule has 0 atom stereocenters. The summed E-state index contributed by atoms with van der Waals surface area (Å²) in [5, 5.41) is 0. The summed E-state index contributed by atoms with van der Waals surface area (Å²) >= 11 is 2.82. The molecule has 0 aromatic heterocycles. The van der Waals surface area contributed by atoms with Crippen molar-refractivity contribution in [2.75, 3.05) is 14.2 Å². The number of halogens is 2. The summed E-state index contributed by atoms with van der Waals surface area (Å²) in [5.41, 5.74) is 0. The van der Waals surface area contributed by atoms with Crippen molar-refractivity contribution in [1.82, 2.24) is 0 Å². The maximum atomic E-state index is 13.5. The van der Waals surface area contributed by atoms with Crippen molar-refractivity contribution in [3.8, 4) is 0 Å². The number of ether oxygens (including phenoxy) is 2. The molecule has 0 saturated heterocycles. The van der Waals surface area contributed by atoms with Crippen LogP contribution in [0.3, 0.4) is 0 Å². The Labute approximate surface area is 83.3 Å². The molecule has 0 aromatic carbocycles. The number of carbonyl (C=O) groups excluding carboxylic acids is 1. The molecule has 0 heterocycles. The lowest BCUT2D eigenvalue weighted by atomic mass is 10.1. The number of carbonyl (C=O) groups is 1. The van der Waals surface area contributed by atoms with Crippen LogP contribution in [0.15, 0.2) is 22.5 Å². The largest absolute Gasteiger partial charge is 0.344 e. The first-order valence-corrected chi connectivity index (χ1v) is 4.26. The Bertz CT molecular complexity index is 292. The fourth-order valence-electron chi connectivity index (χ4n) is 0.991. The van der Waals surface area contributed by atoms with Gasteiger partial charge in [0.15, 0.2) is 11.6 Å². The second-order valence-corrected chi connectivity index (χ2v) is 3.19. The molecule has 0 radical (unpaired) electrons. The van der Waals surface area contributed by atoms with Crippen LogP contribution in [0.1, 0.15) is 0 Å². The number of rotatable bonds is 2. The van der Waals surface area contributed by atoms with Gasteiger partial charge in [-0.3, -0.25) is 4.79 Å². The average molecular weight is 251 g/mol. The molecule has 5 heteroatoms. The summed E-state index contributed by atoms with van der Waals surface area (Å²) in [5.74, 6) is -2.78. The first-order chi connectivity index (χ1) is 6.07. The SMILES string of the molecule is COC1(OC)C=CC(=O)C(Br)=C1F. The predicted octanol–water partition coefficient (Wildman–Crippen LogP) is 1.69. The highest BCUT2D eigenvalue weighted by molar-refractivity contribution is 9.12. The minimum atomic E-state index is -1.56. The van der Waals surface area contributed by atoms with Gasteiger partial charge in [0.05, 0.1) is 0 Å². The average Bonchev–Trinajstić information content (AvgIpc) is 2.16. The highest BCUT2D eigenvalue weighted by atomic mass is 79.9. The third-order valence-electron chi connectivity index (χ3n) is 1.78. The van der Waals surface area contributed by atoms with Gasteiger partial charge in [-0.05, 0) is 28.1 Å². The van der Waals surface area contributed by atoms with Gasteiger partial charge >= 0.3 is 0 Å². The van der Waals surface area contributed by atoms with E-state index in [0.717, 1.165) is 0 Å². The molecule has 1 rings (SSSR count). The highest BCUT2D eigenvalue weighted by Gasteiger charge is 2.39. The molecule has 0 aromatic rings. The molecule has 1 aliphatic carbocycles. The molecule has 0 spiro atoms. The van der Waals surface area contributed by atoms with Gasteiger partial charge in [-0.15, -0.1) is 0 Å². The number of hydrogen-bond acceptors (Lipinski definition) is 3. The zero-order valence-corrected chi connectivity index (χ0v) is 8.72. The van der Waals surface area contributed by atoms with E-state index in [4.69, 9.17) is 9.47 Å². The van der Waals surface area contributed by atoms with Crippen LogP contribution in [-0.2, 0) is 14.3 Å². The zero-order chi connectivity index (χ0) is 10.1. The number of methoxy groups -OCH3 is 2. The number of allylic oxidation sites excluding steroid dienone is 2. The van der Waals surface area contributed by atoms with Gasteiger partial charge in [0.2, 0.25) is 5.79 Å². The fraction of sp³-hybridized carbons (Fsp3) is 0.375. The van der Waals surface area contributed by atoms with E-state index in [9.17, 15) is 9.18 Å². The minimum Gasteiger partial charge on any atom is -0.344 e. The van der Waals surface area contributed by atoms with E-state index in [1.54, 1.807) is 0 Å². The monoisotopic (exact) mass is 250 g/mol. The lowest BCUT2D eigenvalue weighted by Crippen LogP contribution is -2.35. The molecule has 0 saturated carbocycles. The smallest absolute Gasteiger partial charge is 0.243 e. The third-order valence-corrected chi connectivity index (χ3v) is 2.51. The summed E-state index contributed by atoms with van der Waals surface area (Å²) in [6, 6.07) is 0. The van der Waals surface area contributed by atoms with Crippen LogP contribution in [0.5, 0.6) is 0 Å². The summed E-state index contributed by atoms with van der Waals surface area (Å²) in [7, 11) is 2.59. The molecule has 0 aliphatic heterocycles. The van der Waals surface area contributed by atoms with E-state index in [-0.39, 0.29) is 4.48 Å². The molecule has 1 aliphatic rings. The third kappa shape index (κ3) is 1.59. The molecule has 13 heavy (non-hydrogen) atoms. The Hall–Kier alpha value is -0.520. The van der Waals surface area contributed by atoms with Gasteiger partial charge in [0.25, 0.3) is 0 Å². The fourth-order valence-corrected chi connectivity index (χ4v) is 1.40. The normalized spacial score (nSPS) is 21.1. The summed E-state index contributed by atoms with van der Waals surface area (Å²) in [6.07, 6.45) is 2.43. The Morgan fingerprint density at radius 3 is 2.46 bits per heavy atom. The zero-order valence-electron chi connectivity index (χ0n) is 7.14. The Kier molecular flexibility index (Phi) is 3.00. The van der Waals surface area contributed by atoms with Crippen LogP contribution in [-0.4, -0.2) is 25.8 Å². The van der Waals surface area contributed by atoms with Gasteiger partial charge in [-0.1, -0.05) is 0 Å². The molecule has 0 unspecified atom stereocenters. The molecule has 0 bridgehead atoms. The van der Waals surface area contributed by atoms with Crippen molar-refractivity contribution < 1.29 is 18.7 Å². The summed E-state index contributed by atoms with van der Waals surface area (Å²) in [4.78, 5) is 11.0. The van der Waals surface area contributed by atoms with Gasteiger partial charge in [0, 0.05) is 14.2 Å². The van der Waals surface area contributed by atoms with E-state index in [1.807, 2.05) is 0 Å². The standard InChI is InChI=1S/C8H8BrFO3/c1-12-8(13-2)4-3-5(11)6(9)7(8)10/h3-4H,1-2H3. The first-order valence-electron chi connectivity index (χ1n) is 3.47. The van der Waals surface area contributed by atoms with E-state index in [1.165, 1.54) is 26.4 Å². The van der Waals surface area contributed by atoms with Gasteiger partial charge < -0.3 is 9.47 Å². The van der Waals surface area contributed by atoms with Crippen LogP contribution >= 0.6 is 15.9 Å². The summed E-state index contributed by atoms with van der Waals surface area (Å²) in [6.45, 7) is 0. The first kappa shape index (κ1) is 10.6. The van der Waals surface area contributed by atoms with Gasteiger partial charge in [-0.25, -0.2) is 4.39 Å². The van der Waals surface area contributed by atoms with E-state index in [0.29, 0.717) is 0 Å². The molecule has 0 fully saturated rings. The lowest BCUT2D eigenvalue weighted by molar-refractivity contribution is -0.156. The van der Waals surface area contributed by atoms with Crippen LogP contribution in [0.4, 0.5) is 4.39 Å². The van der Waals surface area contributed by atoms with Gasteiger partial charge in [0.1, 0.15) is 4.48 Å². The molecular formula is C8H8BrFO3. The van der Waals surface area contributed by atoms with Crippen molar-refractivity contribution >= 4 is 21.7 Å². The minimum absolute atomic E-state index is 0.168. The van der Waals surface area contributed by atoms with Crippen LogP contribution in [0, 0.1) is 0 Å². The van der Waals surface area contributed by atoms with Crippen molar-refractivity contribution in [2.45, 2.75) is 5.79 Å². The maximum Gasteiger partial charge on any atom is 0.243 e. The number of hydrogen-bond donors (Lipinski definition) is 0. The predicted molar refractivity (Wildman–Crippen MR) is 48.0 cm³/mol. The lowest BCUT2D eigenvalue weighted by Gasteiger charge is -2.28. The van der Waals surface area contributed by atoms with Crippen LogP contribution < -0.4 is 0 Å².